The number of nitrogens with zero attached hydrogens (tertiary/aromatic N) is 3. The Morgan fingerprint density at radius 2 is 2.04 bits per heavy atom. The summed E-state index contributed by atoms with van der Waals surface area (Å²) in [7, 11) is -3.08. The van der Waals surface area contributed by atoms with Gasteiger partial charge >= 0.3 is 0 Å². The van der Waals surface area contributed by atoms with Crippen LogP contribution in [0.3, 0.4) is 0 Å². The molecular formula is C19H25N3O3S. The predicted molar refractivity (Wildman–Crippen MR) is 101 cm³/mol. The second kappa shape index (κ2) is 7.61. The van der Waals surface area contributed by atoms with Crippen molar-refractivity contribution in [2.75, 3.05) is 11.5 Å². The molecule has 3 rings (SSSR count). The van der Waals surface area contributed by atoms with Gasteiger partial charge in [0.15, 0.2) is 9.84 Å². The maximum Gasteiger partial charge on any atom is 0.257 e. The van der Waals surface area contributed by atoms with E-state index >= 15 is 0 Å². The van der Waals surface area contributed by atoms with Crippen molar-refractivity contribution in [2.24, 2.45) is 0 Å². The molecule has 1 fully saturated rings. The van der Waals surface area contributed by atoms with E-state index in [9.17, 15) is 13.2 Å². The van der Waals surface area contributed by atoms with Gasteiger partial charge in [-0.05, 0) is 25.3 Å². The molecule has 0 radical (unpaired) electrons. The van der Waals surface area contributed by atoms with Crippen LogP contribution >= 0.6 is 0 Å². The fourth-order valence-electron chi connectivity index (χ4n) is 3.42. The molecule has 2 aromatic rings. The Kier molecular flexibility index (Phi) is 5.46. The van der Waals surface area contributed by atoms with Gasteiger partial charge in [0.1, 0.15) is 0 Å². The van der Waals surface area contributed by atoms with Gasteiger partial charge in [0.2, 0.25) is 0 Å². The third-order valence-electron chi connectivity index (χ3n) is 4.87. The number of rotatable bonds is 6. The quantitative estimate of drug-likeness (QED) is 0.777. The van der Waals surface area contributed by atoms with Gasteiger partial charge in [-0.15, -0.1) is 0 Å². The third kappa shape index (κ3) is 3.98. The molecule has 0 spiro atoms. The Bertz CT molecular complexity index is 875. The zero-order valence-electron chi connectivity index (χ0n) is 15.3. The highest BCUT2D eigenvalue weighted by Crippen LogP contribution is 2.23. The van der Waals surface area contributed by atoms with Gasteiger partial charge in [-0.25, -0.2) is 8.42 Å². The Balaban J connectivity index is 1.91. The molecule has 0 N–H and O–H groups in total. The number of benzene rings is 1. The summed E-state index contributed by atoms with van der Waals surface area (Å²) in [6, 6.07) is 9.39. The van der Waals surface area contributed by atoms with Gasteiger partial charge in [0.25, 0.3) is 5.91 Å². The smallest absolute Gasteiger partial charge is 0.257 e. The second-order valence-corrected chi connectivity index (χ2v) is 9.07. The summed E-state index contributed by atoms with van der Waals surface area (Å²) in [5.74, 6) is 0.0358. The topological polar surface area (TPSA) is 72.3 Å². The predicted octanol–water partition coefficient (Wildman–Crippen LogP) is 2.43. The lowest BCUT2D eigenvalue weighted by atomic mass is 10.1. The molecule has 0 aliphatic carbocycles. The van der Waals surface area contributed by atoms with Crippen molar-refractivity contribution < 1.29 is 13.2 Å². The second-order valence-electron chi connectivity index (χ2n) is 6.84. The molecule has 1 saturated heterocycles. The zero-order valence-corrected chi connectivity index (χ0v) is 16.1. The number of sulfone groups is 1. The first kappa shape index (κ1) is 18.6. The van der Waals surface area contributed by atoms with Crippen molar-refractivity contribution >= 4 is 15.7 Å². The fourth-order valence-corrected chi connectivity index (χ4v) is 5.15. The fraction of sp³-hybridized carbons (Fsp3) is 0.474. The molecule has 1 aromatic carbocycles. The minimum atomic E-state index is -3.08. The largest absolute Gasteiger partial charge is 0.330 e. The minimum absolute atomic E-state index is 0.0354. The van der Waals surface area contributed by atoms with Gasteiger partial charge in [-0.3, -0.25) is 9.48 Å². The normalized spacial score (nSPS) is 18.8. The van der Waals surface area contributed by atoms with Crippen molar-refractivity contribution in [3.05, 3.63) is 53.3 Å². The SMILES string of the molecule is CCCn1ncc(C(=O)N(Cc2ccccc2)[C@@H]2CCS(=O)(=O)C2)c1C. The van der Waals surface area contributed by atoms with Crippen molar-refractivity contribution in [2.45, 2.75) is 45.8 Å². The van der Waals surface area contributed by atoms with E-state index in [-0.39, 0.29) is 23.5 Å². The Hall–Kier alpha value is -2.15. The highest BCUT2D eigenvalue weighted by Gasteiger charge is 2.35. The Labute approximate surface area is 154 Å². The van der Waals surface area contributed by atoms with E-state index in [1.54, 1.807) is 11.1 Å². The average Bonchev–Trinajstić information content (AvgIpc) is 3.16. The summed E-state index contributed by atoms with van der Waals surface area (Å²) in [4.78, 5) is 15.0. The maximum absolute atomic E-state index is 13.3. The molecule has 7 heteroatoms. The highest BCUT2D eigenvalue weighted by atomic mass is 32.2. The average molecular weight is 375 g/mol. The van der Waals surface area contributed by atoms with Crippen LogP contribution in [0.25, 0.3) is 0 Å². The van der Waals surface area contributed by atoms with E-state index in [1.807, 2.05) is 41.9 Å². The molecule has 1 amide bonds. The summed E-state index contributed by atoms with van der Waals surface area (Å²) in [6.45, 7) is 5.11. The summed E-state index contributed by atoms with van der Waals surface area (Å²) in [5, 5.41) is 4.32. The van der Waals surface area contributed by atoms with Crippen molar-refractivity contribution in [1.29, 1.82) is 0 Å². The first-order valence-corrected chi connectivity index (χ1v) is 10.8. The van der Waals surface area contributed by atoms with Crippen LogP contribution in [0.1, 0.15) is 41.4 Å². The standard InChI is InChI=1S/C19H25N3O3S/c1-3-10-22-15(2)18(12-20-22)19(23)21(13-16-7-5-4-6-8-16)17-9-11-26(24,25)14-17/h4-8,12,17H,3,9-11,13-14H2,1-2H3/t17-/m1/s1. The van der Waals surface area contributed by atoms with Crippen LogP contribution in [0.5, 0.6) is 0 Å². The molecule has 0 unspecified atom stereocenters. The molecule has 1 atom stereocenters. The lowest BCUT2D eigenvalue weighted by Gasteiger charge is -2.28. The van der Waals surface area contributed by atoms with Crippen LogP contribution in [0.2, 0.25) is 0 Å². The number of carbonyl (C=O) groups excluding carboxylic acids is 1. The van der Waals surface area contributed by atoms with Crippen molar-refractivity contribution in [3.63, 3.8) is 0 Å². The molecule has 140 valence electrons. The zero-order chi connectivity index (χ0) is 18.7. The number of carbonyl (C=O) groups is 1. The van der Waals surface area contributed by atoms with Gasteiger partial charge in [0, 0.05) is 24.8 Å². The van der Waals surface area contributed by atoms with Crippen LogP contribution in [0.4, 0.5) is 0 Å². The number of amides is 1. The Morgan fingerprint density at radius 1 is 1.31 bits per heavy atom. The third-order valence-corrected chi connectivity index (χ3v) is 6.63. The van der Waals surface area contributed by atoms with E-state index in [0.29, 0.717) is 18.5 Å². The van der Waals surface area contributed by atoms with Gasteiger partial charge in [-0.2, -0.15) is 5.10 Å². The molecular weight excluding hydrogens is 350 g/mol. The van der Waals surface area contributed by atoms with E-state index < -0.39 is 9.84 Å². The molecule has 1 aliphatic rings. The van der Waals surface area contributed by atoms with Crippen LogP contribution < -0.4 is 0 Å². The molecule has 6 nitrogen and oxygen atoms in total. The number of hydrogen-bond donors (Lipinski definition) is 0. The van der Waals surface area contributed by atoms with E-state index in [1.165, 1.54) is 0 Å². The summed E-state index contributed by atoms with van der Waals surface area (Å²) < 4.78 is 25.8. The van der Waals surface area contributed by atoms with Gasteiger partial charge in [-0.1, -0.05) is 37.3 Å². The molecule has 0 saturated carbocycles. The first-order chi connectivity index (χ1) is 12.4. The van der Waals surface area contributed by atoms with Crippen LogP contribution in [0, 0.1) is 6.92 Å². The molecule has 26 heavy (non-hydrogen) atoms. The van der Waals surface area contributed by atoms with E-state index in [4.69, 9.17) is 0 Å². The number of aryl methyl sites for hydroxylation is 1. The van der Waals surface area contributed by atoms with Crippen molar-refractivity contribution in [3.8, 4) is 0 Å². The van der Waals surface area contributed by atoms with Gasteiger partial charge in [0.05, 0.1) is 23.3 Å². The Morgan fingerprint density at radius 3 is 2.65 bits per heavy atom. The van der Waals surface area contributed by atoms with E-state index in [2.05, 4.69) is 12.0 Å². The monoisotopic (exact) mass is 375 g/mol. The molecule has 2 heterocycles. The molecule has 1 aromatic heterocycles. The van der Waals surface area contributed by atoms with Crippen LogP contribution in [-0.4, -0.2) is 46.6 Å². The summed E-state index contributed by atoms with van der Waals surface area (Å²) in [6.07, 6.45) is 3.03. The van der Waals surface area contributed by atoms with Crippen LogP contribution in [0.15, 0.2) is 36.5 Å². The first-order valence-electron chi connectivity index (χ1n) is 8.99. The molecule has 1 aliphatic heterocycles. The van der Waals surface area contributed by atoms with Crippen LogP contribution in [-0.2, 0) is 22.9 Å². The number of aromatic nitrogens is 2. The molecule has 0 bridgehead atoms. The summed E-state index contributed by atoms with van der Waals surface area (Å²) in [5.41, 5.74) is 2.37. The van der Waals surface area contributed by atoms with Crippen molar-refractivity contribution in [1.82, 2.24) is 14.7 Å². The van der Waals surface area contributed by atoms with E-state index in [0.717, 1.165) is 24.2 Å². The number of hydrogen-bond acceptors (Lipinski definition) is 4. The lowest BCUT2D eigenvalue weighted by molar-refractivity contribution is 0.0680. The lowest BCUT2D eigenvalue weighted by Crippen LogP contribution is -2.40. The van der Waals surface area contributed by atoms with Gasteiger partial charge < -0.3 is 4.90 Å². The maximum atomic E-state index is 13.3. The highest BCUT2D eigenvalue weighted by molar-refractivity contribution is 7.91. The summed E-state index contributed by atoms with van der Waals surface area (Å²) >= 11 is 0. The minimum Gasteiger partial charge on any atom is -0.330 e.